The second-order valence-electron chi connectivity index (χ2n) is 5.49. The molecule has 1 aliphatic carbocycles. The molecule has 1 amide bonds. The van der Waals surface area contributed by atoms with E-state index in [0.29, 0.717) is 23.1 Å². The fourth-order valence-electron chi connectivity index (χ4n) is 2.74. The highest BCUT2D eigenvalue weighted by atomic mass is 35.5. The number of nitrogens with zero attached hydrogens (tertiary/aromatic N) is 2. The van der Waals surface area contributed by atoms with Gasteiger partial charge < -0.3 is 10.6 Å². The van der Waals surface area contributed by atoms with Crippen molar-refractivity contribution >= 4 is 29.0 Å². The van der Waals surface area contributed by atoms with Crippen LogP contribution >= 0.6 is 11.6 Å². The first-order chi connectivity index (χ1) is 10.1. The summed E-state index contributed by atoms with van der Waals surface area (Å²) in [5.41, 5.74) is 6.94. The summed E-state index contributed by atoms with van der Waals surface area (Å²) in [6.45, 7) is 0. The van der Waals surface area contributed by atoms with Gasteiger partial charge in [-0.15, -0.1) is 11.6 Å². The number of amides is 1. The third-order valence-corrected chi connectivity index (χ3v) is 4.22. The Morgan fingerprint density at radius 1 is 1.38 bits per heavy atom. The lowest BCUT2D eigenvalue weighted by atomic mass is 9.94. The van der Waals surface area contributed by atoms with Gasteiger partial charge in [-0.1, -0.05) is 25.3 Å². The van der Waals surface area contributed by atoms with Crippen LogP contribution < -0.4 is 5.73 Å². The molecule has 0 aliphatic heterocycles. The molecule has 114 valence electrons. The van der Waals surface area contributed by atoms with E-state index in [1.807, 2.05) is 30.1 Å². The number of hydrogen-bond donors (Lipinski definition) is 1. The molecule has 1 aromatic carbocycles. The molecule has 1 aromatic rings. The molecule has 0 aromatic heterocycles. The van der Waals surface area contributed by atoms with Gasteiger partial charge >= 0.3 is 0 Å². The van der Waals surface area contributed by atoms with Crippen molar-refractivity contribution in [2.75, 3.05) is 12.9 Å². The number of benzene rings is 1. The van der Waals surface area contributed by atoms with E-state index in [0.717, 1.165) is 12.8 Å². The SMILES string of the molecule is CN(C(=O)c1cccc(N=C(N)CCl)c1)C1CCCCC1. The lowest BCUT2D eigenvalue weighted by molar-refractivity contribution is 0.0696. The summed E-state index contributed by atoms with van der Waals surface area (Å²) in [4.78, 5) is 18.6. The highest BCUT2D eigenvalue weighted by Gasteiger charge is 2.22. The van der Waals surface area contributed by atoms with Crippen molar-refractivity contribution in [3.8, 4) is 0 Å². The van der Waals surface area contributed by atoms with Gasteiger partial charge in [0.2, 0.25) is 0 Å². The van der Waals surface area contributed by atoms with Crippen LogP contribution in [0, 0.1) is 0 Å². The van der Waals surface area contributed by atoms with E-state index in [1.54, 1.807) is 6.07 Å². The molecule has 0 spiro atoms. The quantitative estimate of drug-likeness (QED) is 0.527. The smallest absolute Gasteiger partial charge is 0.253 e. The molecule has 2 rings (SSSR count). The summed E-state index contributed by atoms with van der Waals surface area (Å²) in [6.07, 6.45) is 5.89. The Morgan fingerprint density at radius 3 is 2.76 bits per heavy atom. The average Bonchev–Trinajstić information content (AvgIpc) is 2.54. The molecule has 0 unspecified atom stereocenters. The van der Waals surface area contributed by atoms with Crippen LogP contribution in [-0.4, -0.2) is 35.6 Å². The molecule has 0 radical (unpaired) electrons. The fraction of sp³-hybridized carbons (Fsp3) is 0.500. The number of hydrogen-bond acceptors (Lipinski definition) is 2. The normalized spacial score (nSPS) is 16.8. The Balaban J connectivity index is 2.13. The van der Waals surface area contributed by atoms with Crippen molar-refractivity contribution in [1.82, 2.24) is 4.90 Å². The number of carbonyl (C=O) groups excluding carboxylic acids is 1. The molecular weight excluding hydrogens is 286 g/mol. The van der Waals surface area contributed by atoms with Gasteiger partial charge in [0.15, 0.2) is 0 Å². The largest absolute Gasteiger partial charge is 0.386 e. The Morgan fingerprint density at radius 2 is 2.10 bits per heavy atom. The highest BCUT2D eigenvalue weighted by molar-refractivity contribution is 6.28. The minimum absolute atomic E-state index is 0.0448. The molecule has 0 saturated heterocycles. The monoisotopic (exact) mass is 307 g/mol. The van der Waals surface area contributed by atoms with Crippen LogP contribution in [0.2, 0.25) is 0 Å². The Labute approximate surface area is 131 Å². The van der Waals surface area contributed by atoms with Crippen LogP contribution in [0.25, 0.3) is 0 Å². The third-order valence-electron chi connectivity index (χ3n) is 3.95. The van der Waals surface area contributed by atoms with Crippen LogP contribution in [-0.2, 0) is 0 Å². The molecule has 1 saturated carbocycles. The molecule has 1 aliphatic rings. The number of alkyl halides is 1. The molecule has 0 atom stereocenters. The first-order valence-electron chi connectivity index (χ1n) is 7.38. The zero-order valence-electron chi connectivity index (χ0n) is 12.4. The predicted octanol–water partition coefficient (Wildman–Crippen LogP) is 3.32. The molecule has 4 nitrogen and oxygen atoms in total. The Hall–Kier alpha value is -1.55. The highest BCUT2D eigenvalue weighted by Crippen LogP contribution is 2.23. The van der Waals surface area contributed by atoms with E-state index in [2.05, 4.69) is 4.99 Å². The number of rotatable bonds is 4. The van der Waals surface area contributed by atoms with E-state index in [9.17, 15) is 4.79 Å². The summed E-state index contributed by atoms with van der Waals surface area (Å²) in [5.74, 6) is 0.574. The van der Waals surface area contributed by atoms with Crippen LogP contribution in [0.5, 0.6) is 0 Å². The summed E-state index contributed by atoms with van der Waals surface area (Å²) in [7, 11) is 1.89. The van der Waals surface area contributed by atoms with E-state index >= 15 is 0 Å². The summed E-state index contributed by atoms with van der Waals surface area (Å²) < 4.78 is 0. The van der Waals surface area contributed by atoms with Gasteiger partial charge in [-0.05, 0) is 31.0 Å². The maximum Gasteiger partial charge on any atom is 0.253 e. The summed E-state index contributed by atoms with van der Waals surface area (Å²) in [5, 5.41) is 0. The van der Waals surface area contributed by atoms with Crippen molar-refractivity contribution in [2.45, 2.75) is 38.1 Å². The molecule has 21 heavy (non-hydrogen) atoms. The maximum absolute atomic E-state index is 12.6. The van der Waals surface area contributed by atoms with E-state index in [4.69, 9.17) is 17.3 Å². The maximum atomic E-state index is 12.6. The molecule has 5 heteroatoms. The molecule has 2 N–H and O–H groups in total. The number of carbonyl (C=O) groups is 1. The van der Waals surface area contributed by atoms with Gasteiger partial charge in [-0.25, -0.2) is 4.99 Å². The van der Waals surface area contributed by atoms with Crippen molar-refractivity contribution in [2.24, 2.45) is 10.7 Å². The number of nitrogens with two attached hydrogens (primary N) is 1. The van der Waals surface area contributed by atoms with Gasteiger partial charge in [-0.2, -0.15) is 0 Å². The number of amidine groups is 1. The van der Waals surface area contributed by atoms with Crippen molar-refractivity contribution in [1.29, 1.82) is 0 Å². The minimum Gasteiger partial charge on any atom is -0.386 e. The average molecular weight is 308 g/mol. The topological polar surface area (TPSA) is 58.7 Å². The Bertz CT molecular complexity index is 524. The van der Waals surface area contributed by atoms with E-state index in [-0.39, 0.29) is 11.8 Å². The van der Waals surface area contributed by atoms with Crippen molar-refractivity contribution < 1.29 is 4.79 Å². The zero-order chi connectivity index (χ0) is 15.2. The van der Waals surface area contributed by atoms with Crippen molar-refractivity contribution in [3.63, 3.8) is 0 Å². The van der Waals surface area contributed by atoms with Crippen molar-refractivity contribution in [3.05, 3.63) is 29.8 Å². The van der Waals surface area contributed by atoms with Gasteiger partial charge in [0.1, 0.15) is 5.84 Å². The first kappa shape index (κ1) is 15.8. The third kappa shape index (κ3) is 4.21. The number of halogens is 1. The number of aliphatic imine (C=N–C) groups is 1. The molecule has 1 fully saturated rings. The minimum atomic E-state index is 0.0448. The fourth-order valence-corrected chi connectivity index (χ4v) is 2.80. The van der Waals surface area contributed by atoms with E-state index < -0.39 is 0 Å². The van der Waals surface area contributed by atoms with Gasteiger partial charge in [0, 0.05) is 18.7 Å². The summed E-state index contributed by atoms with van der Waals surface area (Å²) in [6, 6.07) is 7.57. The lowest BCUT2D eigenvalue weighted by Gasteiger charge is -2.31. The van der Waals surface area contributed by atoms with Crippen LogP contribution in [0.3, 0.4) is 0 Å². The first-order valence-corrected chi connectivity index (χ1v) is 7.91. The van der Waals surface area contributed by atoms with E-state index in [1.165, 1.54) is 19.3 Å². The molecule has 0 bridgehead atoms. The predicted molar refractivity (Wildman–Crippen MR) is 87.4 cm³/mol. The standard InChI is InChI=1S/C16H22ClN3O/c1-20(14-8-3-2-4-9-14)16(21)12-6-5-7-13(10-12)19-15(18)11-17/h5-7,10,14H,2-4,8-9,11H2,1H3,(H2,18,19). The Kier molecular flexibility index (Phi) is 5.62. The van der Waals surface area contributed by atoms with Gasteiger partial charge in [0.25, 0.3) is 5.91 Å². The molecule has 0 heterocycles. The van der Waals surface area contributed by atoms with Crippen LogP contribution in [0.4, 0.5) is 5.69 Å². The second kappa shape index (κ2) is 7.46. The second-order valence-corrected chi connectivity index (χ2v) is 5.76. The molecular formula is C16H22ClN3O. The lowest BCUT2D eigenvalue weighted by Crippen LogP contribution is -2.38. The van der Waals surface area contributed by atoms with Gasteiger partial charge in [-0.3, -0.25) is 4.79 Å². The zero-order valence-corrected chi connectivity index (χ0v) is 13.1. The summed E-state index contributed by atoms with van der Waals surface area (Å²) >= 11 is 5.63. The van der Waals surface area contributed by atoms with Crippen LogP contribution in [0.1, 0.15) is 42.5 Å². The van der Waals surface area contributed by atoms with Crippen LogP contribution in [0.15, 0.2) is 29.3 Å². The van der Waals surface area contributed by atoms with Gasteiger partial charge in [0.05, 0.1) is 11.6 Å².